The van der Waals surface area contributed by atoms with Gasteiger partial charge in [-0.3, -0.25) is 0 Å². The Kier molecular flexibility index (Phi) is 8.11. The molecular weight excluding hydrogens is 594 g/mol. The fourth-order valence-corrected chi connectivity index (χ4v) is 7.12. The number of carbonyl (C=O) groups excluding carboxylic acids is 1. The molecule has 4 rings (SSSR count). The molecule has 0 spiro atoms. The van der Waals surface area contributed by atoms with E-state index in [4.69, 9.17) is 23.7 Å². The highest BCUT2D eigenvalue weighted by Gasteiger charge is 2.60. The Hall–Kier alpha value is -4.37. The van der Waals surface area contributed by atoms with Crippen LogP contribution in [-0.2, 0) is 30.1 Å². The summed E-state index contributed by atoms with van der Waals surface area (Å²) in [4.78, 5) is 13.6. The zero-order valence-corrected chi connectivity index (χ0v) is 24.9. The van der Waals surface area contributed by atoms with Gasteiger partial charge in [-0.25, -0.2) is 21.6 Å². The molecule has 0 unspecified atom stereocenters. The van der Waals surface area contributed by atoms with Gasteiger partial charge in [0.25, 0.3) is 10.0 Å². The Balaban J connectivity index is 2.19. The first kappa shape index (κ1) is 30.6. The molecular formula is C27H29NO12S2. The van der Waals surface area contributed by atoms with Crippen molar-refractivity contribution in [1.82, 2.24) is 4.31 Å². The molecule has 226 valence electrons. The molecule has 0 saturated carbocycles. The summed E-state index contributed by atoms with van der Waals surface area (Å²) < 4.78 is 78.9. The minimum Gasteiger partial charge on any atom is -0.502 e. The van der Waals surface area contributed by atoms with Crippen LogP contribution < -0.4 is 18.9 Å². The number of aromatic hydroxyl groups is 2. The van der Waals surface area contributed by atoms with Crippen LogP contribution in [0.4, 0.5) is 4.79 Å². The minimum atomic E-state index is -4.69. The van der Waals surface area contributed by atoms with Gasteiger partial charge in [0.05, 0.1) is 39.1 Å². The number of rotatable bonds is 9. The van der Waals surface area contributed by atoms with E-state index in [1.165, 1.54) is 70.9 Å². The second kappa shape index (κ2) is 11.1. The third-order valence-corrected chi connectivity index (χ3v) is 9.46. The summed E-state index contributed by atoms with van der Waals surface area (Å²) in [5.74, 6) is -1.81. The molecule has 3 aromatic rings. The van der Waals surface area contributed by atoms with Crippen LogP contribution >= 0.6 is 0 Å². The second-order valence-electron chi connectivity index (χ2n) is 9.18. The molecule has 0 aliphatic carbocycles. The van der Waals surface area contributed by atoms with Crippen molar-refractivity contribution in [3.63, 3.8) is 0 Å². The summed E-state index contributed by atoms with van der Waals surface area (Å²) in [5.41, 5.74) is -1.93. The number of phenolic OH excluding ortho intramolecular Hbond substituents is 2. The van der Waals surface area contributed by atoms with Gasteiger partial charge in [0.2, 0.25) is 11.5 Å². The third-order valence-electron chi connectivity index (χ3n) is 6.74. The Morgan fingerprint density at radius 2 is 1.26 bits per heavy atom. The lowest BCUT2D eigenvalue weighted by atomic mass is 9.76. The van der Waals surface area contributed by atoms with Crippen LogP contribution in [0.1, 0.15) is 16.7 Å². The predicted octanol–water partition coefficient (Wildman–Crippen LogP) is 2.61. The van der Waals surface area contributed by atoms with Crippen molar-refractivity contribution >= 4 is 26.0 Å². The SMILES string of the molecule is COc1cc(C2(c3cc(OC)c(O)c(OC)c3)c3ccccc3S(=O)(=O)N2C(=O)OCCS(C)(=O)=O)cc(OC)c1O. The molecule has 1 aliphatic heterocycles. The molecule has 3 aromatic carbocycles. The van der Waals surface area contributed by atoms with Crippen molar-refractivity contribution in [3.05, 3.63) is 65.2 Å². The van der Waals surface area contributed by atoms with Crippen LogP contribution in [0.25, 0.3) is 0 Å². The maximum Gasteiger partial charge on any atom is 0.425 e. The fraction of sp³-hybridized carbons (Fsp3) is 0.296. The fourth-order valence-electron chi connectivity index (χ4n) is 4.87. The quantitative estimate of drug-likeness (QED) is 0.357. The monoisotopic (exact) mass is 623 g/mol. The molecule has 1 aliphatic rings. The van der Waals surface area contributed by atoms with E-state index in [0.29, 0.717) is 4.31 Å². The molecule has 1 amide bonds. The molecule has 0 radical (unpaired) electrons. The maximum atomic E-state index is 14.2. The van der Waals surface area contributed by atoms with Crippen molar-refractivity contribution < 1.29 is 55.5 Å². The number of benzene rings is 3. The molecule has 13 nitrogen and oxygen atoms in total. The Labute approximate surface area is 242 Å². The van der Waals surface area contributed by atoms with E-state index in [1.807, 2.05) is 0 Å². The summed E-state index contributed by atoms with van der Waals surface area (Å²) in [5, 5.41) is 21.3. The van der Waals surface area contributed by atoms with E-state index in [0.717, 1.165) is 6.26 Å². The number of hydrogen-bond donors (Lipinski definition) is 2. The zero-order valence-electron chi connectivity index (χ0n) is 23.3. The van der Waals surface area contributed by atoms with E-state index in [1.54, 1.807) is 6.07 Å². The lowest BCUT2D eigenvalue weighted by Crippen LogP contribution is -2.49. The molecule has 0 fully saturated rings. The van der Waals surface area contributed by atoms with Gasteiger partial charge in [0, 0.05) is 11.8 Å². The van der Waals surface area contributed by atoms with Gasteiger partial charge in [-0.15, -0.1) is 0 Å². The van der Waals surface area contributed by atoms with Gasteiger partial charge in [0.1, 0.15) is 12.1 Å². The van der Waals surface area contributed by atoms with Gasteiger partial charge >= 0.3 is 6.09 Å². The molecule has 2 N–H and O–H groups in total. The van der Waals surface area contributed by atoms with Crippen molar-refractivity contribution in [2.24, 2.45) is 0 Å². The van der Waals surface area contributed by atoms with Crippen LogP contribution in [0.3, 0.4) is 0 Å². The molecule has 15 heteroatoms. The number of hydrogen-bond acceptors (Lipinski definition) is 12. The van der Waals surface area contributed by atoms with E-state index in [2.05, 4.69) is 0 Å². The van der Waals surface area contributed by atoms with Gasteiger partial charge in [-0.2, -0.15) is 4.31 Å². The highest BCUT2D eigenvalue weighted by atomic mass is 32.2. The van der Waals surface area contributed by atoms with Gasteiger partial charge in [0.15, 0.2) is 32.8 Å². The number of ether oxygens (including phenoxy) is 5. The first-order valence-electron chi connectivity index (χ1n) is 12.2. The second-order valence-corrected chi connectivity index (χ2v) is 13.2. The number of fused-ring (bicyclic) bond motifs is 1. The first-order chi connectivity index (χ1) is 19.8. The van der Waals surface area contributed by atoms with Gasteiger partial charge < -0.3 is 33.9 Å². The molecule has 0 saturated heterocycles. The van der Waals surface area contributed by atoms with Crippen LogP contribution in [0.5, 0.6) is 34.5 Å². The maximum absolute atomic E-state index is 14.2. The highest BCUT2D eigenvalue weighted by molar-refractivity contribution is 7.90. The number of sulfone groups is 1. The predicted molar refractivity (Wildman–Crippen MR) is 149 cm³/mol. The summed E-state index contributed by atoms with van der Waals surface area (Å²) in [6.45, 7) is -0.638. The molecule has 0 bridgehead atoms. The largest absolute Gasteiger partial charge is 0.502 e. The number of amides is 1. The number of nitrogens with zero attached hydrogens (tertiary/aromatic N) is 1. The molecule has 1 heterocycles. The Bertz CT molecular complexity index is 1640. The van der Waals surface area contributed by atoms with E-state index in [9.17, 15) is 31.8 Å². The minimum absolute atomic E-state index is 0.0531. The smallest absolute Gasteiger partial charge is 0.425 e. The third kappa shape index (κ3) is 4.87. The van der Waals surface area contributed by atoms with Crippen LogP contribution in [0, 0.1) is 0 Å². The average molecular weight is 624 g/mol. The van der Waals surface area contributed by atoms with E-state index in [-0.39, 0.29) is 44.6 Å². The Morgan fingerprint density at radius 1 is 0.833 bits per heavy atom. The summed E-state index contributed by atoms with van der Waals surface area (Å²) in [6, 6.07) is 11.1. The van der Waals surface area contributed by atoms with Crippen LogP contribution in [0.15, 0.2) is 53.4 Å². The molecule has 42 heavy (non-hydrogen) atoms. The standard InChI is InChI=1S/C27H29NO12S2/c1-36-19-12-16(13-20(37-2)24(19)29)27(17-14-21(38-3)25(30)22(15-17)39-4)18-8-6-7-9-23(18)42(34,35)28(27)26(31)40-10-11-41(5,32)33/h6-9,12-15,29-30H,10-11H2,1-5H3. The number of carbonyl (C=O) groups is 1. The molecule has 0 atom stereocenters. The average Bonchev–Trinajstić information content (AvgIpc) is 3.16. The van der Waals surface area contributed by atoms with E-state index >= 15 is 0 Å². The lowest BCUT2D eigenvalue weighted by Gasteiger charge is -2.38. The van der Waals surface area contributed by atoms with Crippen molar-refractivity contribution in [2.75, 3.05) is 47.1 Å². The number of phenols is 2. The summed E-state index contributed by atoms with van der Waals surface area (Å²) >= 11 is 0. The van der Waals surface area contributed by atoms with Crippen molar-refractivity contribution in [1.29, 1.82) is 0 Å². The highest BCUT2D eigenvalue weighted by Crippen LogP contribution is 2.56. The van der Waals surface area contributed by atoms with Crippen LogP contribution in [0.2, 0.25) is 0 Å². The van der Waals surface area contributed by atoms with Crippen molar-refractivity contribution in [3.8, 4) is 34.5 Å². The first-order valence-corrected chi connectivity index (χ1v) is 15.7. The van der Waals surface area contributed by atoms with Crippen molar-refractivity contribution in [2.45, 2.75) is 10.4 Å². The zero-order chi connectivity index (χ0) is 31.0. The number of sulfonamides is 1. The summed E-state index contributed by atoms with van der Waals surface area (Å²) in [6.07, 6.45) is -0.454. The topological polar surface area (TPSA) is 175 Å². The van der Waals surface area contributed by atoms with E-state index < -0.39 is 55.4 Å². The van der Waals surface area contributed by atoms with Gasteiger partial charge in [-0.1, -0.05) is 18.2 Å². The van der Waals surface area contributed by atoms with Gasteiger partial charge in [-0.05, 0) is 41.5 Å². The summed E-state index contributed by atoms with van der Waals surface area (Å²) in [7, 11) is -3.18. The molecule has 0 aromatic heterocycles. The normalized spacial score (nSPS) is 15.0. The van der Waals surface area contributed by atoms with Crippen LogP contribution in [-0.4, -0.2) is 84.5 Å². The lowest BCUT2D eigenvalue weighted by molar-refractivity contribution is 0.116. The number of methoxy groups -OCH3 is 4. The Morgan fingerprint density at radius 3 is 1.67 bits per heavy atom.